The largest absolute Gasteiger partial charge is 0.372 e. The average Bonchev–Trinajstić information content (AvgIpc) is 3.12. The maximum atomic E-state index is 12.5. The first-order valence-corrected chi connectivity index (χ1v) is 9.16. The number of aromatic nitrogens is 4. The minimum atomic E-state index is -0.231. The SMILES string of the molecule is CC(C)N(C)c1cccc(Nc2nc3c(cnn3-c3ccccc3)c(=O)[nH]2)c1. The highest BCUT2D eigenvalue weighted by molar-refractivity contribution is 5.77. The van der Waals surface area contributed by atoms with Crippen molar-refractivity contribution in [3.8, 4) is 5.69 Å². The molecular weight excluding hydrogens is 352 g/mol. The lowest BCUT2D eigenvalue weighted by Gasteiger charge is -2.24. The van der Waals surface area contributed by atoms with Gasteiger partial charge < -0.3 is 10.2 Å². The molecule has 4 rings (SSSR count). The van der Waals surface area contributed by atoms with Crippen molar-refractivity contribution in [3.05, 3.63) is 71.1 Å². The Bertz CT molecular complexity index is 1160. The Morgan fingerprint density at radius 1 is 1.11 bits per heavy atom. The van der Waals surface area contributed by atoms with Crippen molar-refractivity contribution in [1.82, 2.24) is 19.7 Å². The van der Waals surface area contributed by atoms with E-state index in [1.54, 1.807) is 4.68 Å². The summed E-state index contributed by atoms with van der Waals surface area (Å²) in [5.74, 6) is 0.375. The normalized spacial score (nSPS) is 11.1. The smallest absolute Gasteiger partial charge is 0.263 e. The van der Waals surface area contributed by atoms with Crippen LogP contribution < -0.4 is 15.8 Å². The molecule has 0 bridgehead atoms. The van der Waals surface area contributed by atoms with E-state index in [0.717, 1.165) is 17.1 Å². The summed E-state index contributed by atoms with van der Waals surface area (Å²) in [5, 5.41) is 7.98. The zero-order valence-electron chi connectivity index (χ0n) is 16.0. The molecule has 2 aromatic heterocycles. The van der Waals surface area contributed by atoms with Crippen molar-refractivity contribution >= 4 is 28.4 Å². The Balaban J connectivity index is 1.72. The Morgan fingerprint density at radius 3 is 2.64 bits per heavy atom. The second-order valence-electron chi connectivity index (χ2n) is 6.92. The molecule has 0 atom stereocenters. The Hall–Kier alpha value is -3.61. The fourth-order valence-corrected chi connectivity index (χ4v) is 2.97. The van der Waals surface area contributed by atoms with Crippen LogP contribution in [0.5, 0.6) is 0 Å². The molecule has 0 aliphatic carbocycles. The van der Waals surface area contributed by atoms with Crippen molar-refractivity contribution in [2.24, 2.45) is 0 Å². The van der Waals surface area contributed by atoms with Gasteiger partial charge in [-0.2, -0.15) is 10.1 Å². The van der Waals surface area contributed by atoms with Gasteiger partial charge in [-0.1, -0.05) is 24.3 Å². The molecule has 0 radical (unpaired) electrons. The predicted molar refractivity (Wildman–Crippen MR) is 113 cm³/mol. The van der Waals surface area contributed by atoms with E-state index in [1.807, 2.05) is 55.6 Å². The number of anilines is 3. The van der Waals surface area contributed by atoms with E-state index < -0.39 is 0 Å². The third-order valence-electron chi connectivity index (χ3n) is 4.73. The number of rotatable bonds is 5. The number of hydrogen-bond acceptors (Lipinski definition) is 5. The molecule has 0 saturated heterocycles. The molecule has 142 valence electrons. The molecule has 0 unspecified atom stereocenters. The van der Waals surface area contributed by atoms with E-state index in [-0.39, 0.29) is 5.56 Å². The number of nitrogens with zero attached hydrogens (tertiary/aromatic N) is 4. The van der Waals surface area contributed by atoms with Crippen LogP contribution in [-0.2, 0) is 0 Å². The number of hydrogen-bond donors (Lipinski definition) is 2. The summed E-state index contributed by atoms with van der Waals surface area (Å²) < 4.78 is 1.67. The summed E-state index contributed by atoms with van der Waals surface area (Å²) in [6.07, 6.45) is 1.54. The maximum absolute atomic E-state index is 12.5. The Morgan fingerprint density at radius 2 is 1.89 bits per heavy atom. The maximum Gasteiger partial charge on any atom is 0.263 e. The van der Waals surface area contributed by atoms with E-state index in [2.05, 4.69) is 45.2 Å². The van der Waals surface area contributed by atoms with Gasteiger partial charge in [0.05, 0.1) is 11.9 Å². The van der Waals surface area contributed by atoms with E-state index >= 15 is 0 Å². The van der Waals surface area contributed by atoms with Crippen molar-refractivity contribution in [2.45, 2.75) is 19.9 Å². The summed E-state index contributed by atoms with van der Waals surface area (Å²) >= 11 is 0. The minimum absolute atomic E-state index is 0.231. The first-order valence-electron chi connectivity index (χ1n) is 9.16. The molecule has 0 aliphatic rings. The van der Waals surface area contributed by atoms with Gasteiger partial charge in [0.15, 0.2) is 5.65 Å². The van der Waals surface area contributed by atoms with Crippen LogP contribution in [0.4, 0.5) is 17.3 Å². The number of H-pyrrole nitrogens is 1. The summed E-state index contributed by atoms with van der Waals surface area (Å²) in [5.41, 5.74) is 3.05. The van der Waals surface area contributed by atoms with Crippen LogP contribution in [0.2, 0.25) is 0 Å². The molecule has 28 heavy (non-hydrogen) atoms. The fourth-order valence-electron chi connectivity index (χ4n) is 2.97. The number of nitrogens with one attached hydrogen (secondary N) is 2. The highest BCUT2D eigenvalue weighted by Crippen LogP contribution is 2.22. The van der Waals surface area contributed by atoms with Crippen LogP contribution in [0, 0.1) is 0 Å². The quantitative estimate of drug-likeness (QED) is 0.557. The Kier molecular flexibility index (Phi) is 4.57. The number of fused-ring (bicyclic) bond motifs is 1. The van der Waals surface area contributed by atoms with Gasteiger partial charge in [0.2, 0.25) is 5.95 Å². The van der Waals surface area contributed by atoms with Crippen LogP contribution in [0.15, 0.2) is 65.6 Å². The fraction of sp³-hybridized carbons (Fsp3) is 0.190. The van der Waals surface area contributed by atoms with Gasteiger partial charge in [-0.05, 0) is 44.2 Å². The molecule has 0 fully saturated rings. The number of para-hydroxylation sites is 1. The number of benzene rings is 2. The van der Waals surface area contributed by atoms with Gasteiger partial charge in [-0.3, -0.25) is 9.78 Å². The van der Waals surface area contributed by atoms with Crippen molar-refractivity contribution in [1.29, 1.82) is 0 Å². The zero-order chi connectivity index (χ0) is 19.7. The van der Waals surface area contributed by atoms with Gasteiger partial charge in [0.1, 0.15) is 5.39 Å². The average molecular weight is 374 g/mol. The van der Waals surface area contributed by atoms with Crippen molar-refractivity contribution in [2.75, 3.05) is 17.3 Å². The third kappa shape index (κ3) is 3.34. The van der Waals surface area contributed by atoms with Gasteiger partial charge in [-0.15, -0.1) is 0 Å². The third-order valence-corrected chi connectivity index (χ3v) is 4.73. The predicted octanol–water partition coefficient (Wildman–Crippen LogP) is 3.70. The van der Waals surface area contributed by atoms with E-state index in [4.69, 9.17) is 0 Å². The number of aromatic amines is 1. The van der Waals surface area contributed by atoms with Gasteiger partial charge in [0, 0.05) is 24.5 Å². The van der Waals surface area contributed by atoms with E-state index in [9.17, 15) is 4.79 Å². The first kappa shape index (κ1) is 17.8. The van der Waals surface area contributed by atoms with Gasteiger partial charge >= 0.3 is 0 Å². The van der Waals surface area contributed by atoms with E-state index in [0.29, 0.717) is 23.0 Å². The molecule has 0 spiro atoms. The monoisotopic (exact) mass is 374 g/mol. The highest BCUT2D eigenvalue weighted by atomic mass is 16.1. The van der Waals surface area contributed by atoms with Crippen LogP contribution >= 0.6 is 0 Å². The second-order valence-corrected chi connectivity index (χ2v) is 6.92. The lowest BCUT2D eigenvalue weighted by Crippen LogP contribution is -2.25. The molecule has 7 nitrogen and oxygen atoms in total. The van der Waals surface area contributed by atoms with Crippen LogP contribution in [0.25, 0.3) is 16.7 Å². The molecule has 0 amide bonds. The van der Waals surface area contributed by atoms with Gasteiger partial charge in [0.25, 0.3) is 5.56 Å². The van der Waals surface area contributed by atoms with Crippen LogP contribution in [0.1, 0.15) is 13.8 Å². The zero-order valence-corrected chi connectivity index (χ0v) is 16.0. The lowest BCUT2D eigenvalue weighted by atomic mass is 10.2. The molecule has 4 aromatic rings. The first-order chi connectivity index (χ1) is 13.5. The van der Waals surface area contributed by atoms with Crippen molar-refractivity contribution in [3.63, 3.8) is 0 Å². The van der Waals surface area contributed by atoms with Crippen LogP contribution in [-0.4, -0.2) is 32.8 Å². The summed E-state index contributed by atoms with van der Waals surface area (Å²) in [7, 11) is 2.05. The van der Waals surface area contributed by atoms with Crippen LogP contribution in [0.3, 0.4) is 0 Å². The summed E-state index contributed by atoms with van der Waals surface area (Å²) in [6, 6.07) is 18.0. The summed E-state index contributed by atoms with van der Waals surface area (Å²) in [6.45, 7) is 4.27. The van der Waals surface area contributed by atoms with Gasteiger partial charge in [-0.25, -0.2) is 4.68 Å². The standard InChI is InChI=1S/C21H22N6O/c1-14(2)26(3)17-11-7-8-15(12-17)23-21-24-19-18(20(28)25-21)13-22-27(19)16-9-5-4-6-10-16/h4-14H,1-3H3,(H2,23,24,25,28). The Labute approximate surface area is 162 Å². The summed E-state index contributed by atoms with van der Waals surface area (Å²) in [4.78, 5) is 22.1. The highest BCUT2D eigenvalue weighted by Gasteiger charge is 2.12. The van der Waals surface area contributed by atoms with Crippen molar-refractivity contribution < 1.29 is 0 Å². The molecule has 0 aliphatic heterocycles. The van der Waals surface area contributed by atoms with E-state index in [1.165, 1.54) is 6.20 Å². The lowest BCUT2D eigenvalue weighted by molar-refractivity contribution is 0.755. The molecule has 2 heterocycles. The molecule has 0 saturated carbocycles. The molecular formula is C21H22N6O. The minimum Gasteiger partial charge on any atom is -0.372 e. The molecule has 2 aromatic carbocycles. The second kappa shape index (κ2) is 7.19. The molecule has 7 heteroatoms. The topological polar surface area (TPSA) is 78.8 Å². The molecule has 2 N–H and O–H groups in total.